The second-order valence-electron chi connectivity index (χ2n) is 4.91. The number of para-hydroxylation sites is 1. The Kier molecular flexibility index (Phi) is 3.69. The van der Waals surface area contributed by atoms with Crippen molar-refractivity contribution in [3.8, 4) is 0 Å². The predicted octanol–water partition coefficient (Wildman–Crippen LogP) is 4.21. The van der Waals surface area contributed by atoms with Gasteiger partial charge in [-0.15, -0.1) is 0 Å². The number of benzene rings is 2. The highest BCUT2D eigenvalue weighted by atomic mass is 35.5. The maximum absolute atomic E-state index is 12.5. The van der Waals surface area contributed by atoms with Crippen LogP contribution in [0.5, 0.6) is 0 Å². The van der Waals surface area contributed by atoms with Crippen molar-refractivity contribution in [2.24, 2.45) is 0 Å². The number of anilines is 1. The van der Waals surface area contributed by atoms with Crippen LogP contribution in [0.15, 0.2) is 54.7 Å². The van der Waals surface area contributed by atoms with Gasteiger partial charge in [-0.05, 0) is 30.3 Å². The van der Waals surface area contributed by atoms with Crippen molar-refractivity contribution in [3.63, 3.8) is 0 Å². The Bertz CT molecular complexity index is 866. The van der Waals surface area contributed by atoms with Crippen LogP contribution in [-0.2, 0) is 0 Å². The normalized spacial score (nSPS) is 10.6. The zero-order valence-electron chi connectivity index (χ0n) is 11.8. The van der Waals surface area contributed by atoms with Gasteiger partial charge in [-0.1, -0.05) is 29.8 Å². The van der Waals surface area contributed by atoms with E-state index < -0.39 is 0 Å². The summed E-state index contributed by atoms with van der Waals surface area (Å²) in [7, 11) is 0. The number of nitrogens with one attached hydrogen (secondary N) is 1. The molecular formula is C17H13ClN2O2. The minimum absolute atomic E-state index is 0.137. The summed E-state index contributed by atoms with van der Waals surface area (Å²) >= 11 is 5.83. The number of halogens is 1. The van der Waals surface area contributed by atoms with Gasteiger partial charge < -0.3 is 5.32 Å². The first-order valence-electron chi connectivity index (χ1n) is 6.74. The minimum Gasteiger partial charge on any atom is -0.322 e. The van der Waals surface area contributed by atoms with Gasteiger partial charge in [0.1, 0.15) is 0 Å². The maximum atomic E-state index is 12.5. The molecule has 1 amide bonds. The van der Waals surface area contributed by atoms with Crippen LogP contribution < -0.4 is 5.32 Å². The summed E-state index contributed by atoms with van der Waals surface area (Å²) in [5.41, 5.74) is 1.83. The molecule has 0 spiro atoms. The molecular weight excluding hydrogens is 300 g/mol. The number of hydrogen-bond donors (Lipinski definition) is 1. The summed E-state index contributed by atoms with van der Waals surface area (Å²) in [5, 5.41) is 4.15. The summed E-state index contributed by atoms with van der Waals surface area (Å²) in [6.45, 7) is 1.47. The topological polar surface area (TPSA) is 51.1 Å². The third kappa shape index (κ3) is 2.61. The van der Waals surface area contributed by atoms with E-state index in [4.69, 9.17) is 11.6 Å². The third-order valence-corrected chi connectivity index (χ3v) is 3.65. The molecule has 0 saturated heterocycles. The summed E-state index contributed by atoms with van der Waals surface area (Å²) in [5.74, 6) is -0.403. The molecule has 3 aromatic rings. The molecule has 0 unspecified atom stereocenters. The van der Waals surface area contributed by atoms with Crippen molar-refractivity contribution in [2.45, 2.75) is 6.92 Å². The van der Waals surface area contributed by atoms with Crippen LogP contribution in [-0.4, -0.2) is 16.4 Å². The quantitative estimate of drug-likeness (QED) is 0.770. The molecule has 1 heterocycles. The van der Waals surface area contributed by atoms with Gasteiger partial charge in [-0.2, -0.15) is 0 Å². The summed E-state index contributed by atoms with van der Waals surface area (Å²) in [6.07, 6.45) is 1.57. The molecule has 22 heavy (non-hydrogen) atoms. The number of aromatic nitrogens is 1. The van der Waals surface area contributed by atoms with Crippen LogP contribution >= 0.6 is 11.6 Å². The molecule has 0 fully saturated rings. The first-order valence-corrected chi connectivity index (χ1v) is 7.12. The van der Waals surface area contributed by atoms with E-state index in [2.05, 4.69) is 5.32 Å². The van der Waals surface area contributed by atoms with Crippen molar-refractivity contribution >= 4 is 40.0 Å². The van der Waals surface area contributed by atoms with Gasteiger partial charge in [0.2, 0.25) is 5.91 Å². The average molecular weight is 313 g/mol. The molecule has 1 aromatic heterocycles. The molecule has 2 aromatic carbocycles. The number of fused-ring (bicyclic) bond motifs is 1. The van der Waals surface area contributed by atoms with Crippen LogP contribution in [0.4, 0.5) is 5.69 Å². The van der Waals surface area contributed by atoms with E-state index in [1.54, 1.807) is 30.5 Å². The fourth-order valence-electron chi connectivity index (χ4n) is 2.35. The molecule has 0 aliphatic rings. The second kappa shape index (κ2) is 5.66. The number of rotatable bonds is 2. The first-order chi connectivity index (χ1) is 10.6. The van der Waals surface area contributed by atoms with Gasteiger partial charge in [0.05, 0.1) is 11.1 Å². The molecule has 0 aliphatic heterocycles. The van der Waals surface area contributed by atoms with Crippen LogP contribution in [0.3, 0.4) is 0 Å². The summed E-state index contributed by atoms with van der Waals surface area (Å²) < 4.78 is 1.48. The Hall–Kier alpha value is -2.59. The van der Waals surface area contributed by atoms with Crippen molar-refractivity contribution < 1.29 is 9.59 Å². The Balaban J connectivity index is 2.00. The standard InChI is InChI=1S/C17H13ClN2O2/c1-11(21)20-10-15(14-4-2-3-5-16(14)20)17(22)19-13-8-6-12(18)7-9-13/h2-10H,1H3,(H,19,22). The van der Waals surface area contributed by atoms with E-state index in [1.807, 2.05) is 24.3 Å². The van der Waals surface area contributed by atoms with Crippen LogP contribution in [0.25, 0.3) is 10.9 Å². The van der Waals surface area contributed by atoms with Crippen molar-refractivity contribution in [1.82, 2.24) is 4.57 Å². The van der Waals surface area contributed by atoms with Gasteiger partial charge in [0.15, 0.2) is 0 Å². The maximum Gasteiger partial charge on any atom is 0.257 e. The fraction of sp³-hybridized carbons (Fsp3) is 0.0588. The Morgan fingerprint density at radius 1 is 1.05 bits per heavy atom. The van der Waals surface area contributed by atoms with E-state index in [9.17, 15) is 9.59 Å². The molecule has 0 radical (unpaired) electrons. The first kappa shape index (κ1) is 14.4. The van der Waals surface area contributed by atoms with Crippen molar-refractivity contribution in [2.75, 3.05) is 5.32 Å². The number of carbonyl (C=O) groups is 2. The zero-order valence-corrected chi connectivity index (χ0v) is 12.6. The second-order valence-corrected chi connectivity index (χ2v) is 5.35. The third-order valence-electron chi connectivity index (χ3n) is 3.40. The van der Waals surface area contributed by atoms with E-state index in [1.165, 1.54) is 11.5 Å². The number of nitrogens with zero attached hydrogens (tertiary/aromatic N) is 1. The monoisotopic (exact) mass is 312 g/mol. The average Bonchev–Trinajstić information content (AvgIpc) is 2.89. The number of carbonyl (C=O) groups excluding carboxylic acids is 2. The lowest BCUT2D eigenvalue weighted by Gasteiger charge is -2.04. The highest BCUT2D eigenvalue weighted by Gasteiger charge is 2.16. The molecule has 0 saturated carbocycles. The van der Waals surface area contributed by atoms with E-state index in [-0.39, 0.29) is 11.8 Å². The summed E-state index contributed by atoms with van der Waals surface area (Å²) in [4.78, 5) is 24.2. The van der Waals surface area contributed by atoms with Gasteiger partial charge >= 0.3 is 0 Å². The lowest BCUT2D eigenvalue weighted by molar-refractivity contribution is 0.0941. The molecule has 5 heteroatoms. The van der Waals surface area contributed by atoms with Gasteiger partial charge in [0.25, 0.3) is 5.91 Å². The van der Waals surface area contributed by atoms with E-state index in [0.29, 0.717) is 16.3 Å². The molecule has 1 N–H and O–H groups in total. The predicted molar refractivity (Wildman–Crippen MR) is 87.6 cm³/mol. The van der Waals surface area contributed by atoms with Crippen LogP contribution in [0.1, 0.15) is 22.1 Å². The largest absolute Gasteiger partial charge is 0.322 e. The van der Waals surface area contributed by atoms with Gasteiger partial charge in [0, 0.05) is 29.2 Å². The SMILES string of the molecule is CC(=O)n1cc(C(=O)Nc2ccc(Cl)cc2)c2ccccc21. The molecule has 0 aliphatic carbocycles. The summed E-state index contributed by atoms with van der Waals surface area (Å²) in [6, 6.07) is 14.2. The van der Waals surface area contributed by atoms with Gasteiger partial charge in [-0.3, -0.25) is 14.2 Å². The zero-order chi connectivity index (χ0) is 15.7. The minimum atomic E-state index is -0.265. The Morgan fingerprint density at radius 3 is 2.41 bits per heavy atom. The van der Waals surface area contributed by atoms with Crippen LogP contribution in [0.2, 0.25) is 5.02 Å². The Labute approximate surface area is 132 Å². The molecule has 4 nitrogen and oxygen atoms in total. The number of amides is 1. The van der Waals surface area contributed by atoms with Crippen molar-refractivity contribution in [1.29, 1.82) is 0 Å². The smallest absolute Gasteiger partial charge is 0.257 e. The lowest BCUT2D eigenvalue weighted by Crippen LogP contribution is -2.11. The van der Waals surface area contributed by atoms with Gasteiger partial charge in [-0.25, -0.2) is 0 Å². The lowest BCUT2D eigenvalue weighted by atomic mass is 10.1. The molecule has 110 valence electrons. The highest BCUT2D eigenvalue weighted by Crippen LogP contribution is 2.23. The molecule has 0 atom stereocenters. The fourth-order valence-corrected chi connectivity index (χ4v) is 2.48. The van der Waals surface area contributed by atoms with E-state index in [0.717, 1.165) is 10.9 Å². The van der Waals surface area contributed by atoms with E-state index >= 15 is 0 Å². The molecule has 0 bridgehead atoms. The number of hydrogen-bond acceptors (Lipinski definition) is 2. The Morgan fingerprint density at radius 2 is 1.73 bits per heavy atom. The highest BCUT2D eigenvalue weighted by molar-refractivity contribution is 6.30. The van der Waals surface area contributed by atoms with Crippen molar-refractivity contribution in [3.05, 3.63) is 65.3 Å². The van der Waals surface area contributed by atoms with Crippen LogP contribution in [0, 0.1) is 0 Å². The molecule has 3 rings (SSSR count).